The number of carbonyl (C=O) groups excluding carboxylic acids is 2. The summed E-state index contributed by atoms with van der Waals surface area (Å²) >= 11 is 0. The smallest absolute Gasteiger partial charge is 0.316 e. The van der Waals surface area contributed by atoms with E-state index in [0.29, 0.717) is 18.2 Å². The molecule has 2 atom stereocenters. The van der Waals surface area contributed by atoms with Crippen LogP contribution in [0.15, 0.2) is 54.6 Å². The van der Waals surface area contributed by atoms with E-state index in [2.05, 4.69) is 13.8 Å². The van der Waals surface area contributed by atoms with Gasteiger partial charge in [-0.2, -0.15) is 0 Å². The Balaban J connectivity index is 1.72. The Morgan fingerprint density at radius 3 is 2.56 bits per heavy atom. The minimum atomic E-state index is -0.433. The fraction of sp³-hybridized carbons (Fsp3) is 0.333. The summed E-state index contributed by atoms with van der Waals surface area (Å²) in [4.78, 5) is 26.5. The molecule has 1 aliphatic rings. The Labute approximate surface area is 148 Å². The van der Waals surface area contributed by atoms with E-state index in [1.807, 2.05) is 54.6 Å². The van der Waals surface area contributed by atoms with Crippen LogP contribution in [-0.2, 0) is 9.59 Å². The molecule has 2 aromatic carbocycles. The Hall–Kier alpha value is -2.62. The summed E-state index contributed by atoms with van der Waals surface area (Å²) < 4.78 is 5.67. The first-order valence-corrected chi connectivity index (χ1v) is 8.76. The maximum Gasteiger partial charge on any atom is 0.316 e. The van der Waals surface area contributed by atoms with E-state index in [1.165, 1.54) is 0 Å². The molecule has 3 rings (SSSR count). The van der Waals surface area contributed by atoms with Crippen molar-refractivity contribution in [1.82, 2.24) is 0 Å². The van der Waals surface area contributed by atoms with Crippen molar-refractivity contribution < 1.29 is 14.3 Å². The second-order valence-electron chi connectivity index (χ2n) is 6.51. The summed E-state index contributed by atoms with van der Waals surface area (Å²) in [5.41, 5.74) is 1.85. The maximum absolute atomic E-state index is 12.6. The third-order valence-corrected chi connectivity index (χ3v) is 4.80. The van der Waals surface area contributed by atoms with Crippen molar-refractivity contribution in [3.8, 4) is 5.75 Å². The molecule has 4 heteroatoms. The molecule has 0 saturated carbocycles. The molecule has 0 spiro atoms. The quantitative estimate of drug-likeness (QED) is 0.608. The number of esters is 1. The van der Waals surface area contributed by atoms with Gasteiger partial charge in [-0.1, -0.05) is 50.2 Å². The van der Waals surface area contributed by atoms with Crippen molar-refractivity contribution >= 4 is 17.6 Å². The van der Waals surface area contributed by atoms with Crippen molar-refractivity contribution in [3.05, 3.63) is 60.2 Å². The number of hydrogen-bond donors (Lipinski definition) is 0. The highest BCUT2D eigenvalue weighted by Crippen LogP contribution is 2.31. The van der Waals surface area contributed by atoms with Crippen LogP contribution in [0.25, 0.3) is 0 Å². The number of benzene rings is 2. The normalized spacial score (nSPS) is 18.2. The van der Waals surface area contributed by atoms with Crippen molar-refractivity contribution in [1.29, 1.82) is 0 Å². The van der Waals surface area contributed by atoms with Gasteiger partial charge in [0.2, 0.25) is 5.91 Å². The summed E-state index contributed by atoms with van der Waals surface area (Å²) in [7, 11) is 0. The van der Waals surface area contributed by atoms with Crippen LogP contribution in [0.4, 0.5) is 5.69 Å². The first-order chi connectivity index (χ1) is 12.1. The van der Waals surface area contributed by atoms with Gasteiger partial charge in [0.15, 0.2) is 0 Å². The molecule has 1 aliphatic heterocycles. The number of ether oxygens (including phenoxy) is 1. The van der Waals surface area contributed by atoms with Gasteiger partial charge in [-0.3, -0.25) is 9.59 Å². The molecule has 0 N–H and O–H groups in total. The second kappa shape index (κ2) is 7.51. The van der Waals surface area contributed by atoms with Gasteiger partial charge in [0, 0.05) is 18.7 Å². The Kier molecular flexibility index (Phi) is 5.17. The standard InChI is InChI=1S/C21H23NO3/c1-3-15(2)18-11-7-8-12-19(18)25-21(24)16-13-20(23)22(14-16)17-9-5-4-6-10-17/h4-12,15-16H,3,13-14H2,1-2H3/t15-,16-/m1/s1. The van der Waals surface area contributed by atoms with Crippen LogP contribution >= 0.6 is 0 Å². The second-order valence-corrected chi connectivity index (χ2v) is 6.51. The molecule has 2 aromatic rings. The fourth-order valence-corrected chi connectivity index (χ4v) is 3.12. The number of hydrogen-bond acceptors (Lipinski definition) is 3. The topological polar surface area (TPSA) is 46.6 Å². The Morgan fingerprint density at radius 2 is 1.84 bits per heavy atom. The van der Waals surface area contributed by atoms with Crippen LogP contribution in [0, 0.1) is 5.92 Å². The number of rotatable bonds is 5. The predicted octanol–water partition coefficient (Wildman–Crippen LogP) is 4.16. The fourth-order valence-electron chi connectivity index (χ4n) is 3.12. The molecule has 25 heavy (non-hydrogen) atoms. The first kappa shape index (κ1) is 17.2. The molecular formula is C21H23NO3. The minimum absolute atomic E-state index is 0.0386. The molecule has 0 radical (unpaired) electrons. The Bertz CT molecular complexity index is 757. The average Bonchev–Trinajstić information content (AvgIpc) is 3.04. The van der Waals surface area contributed by atoms with E-state index < -0.39 is 5.92 Å². The van der Waals surface area contributed by atoms with Crippen LogP contribution in [-0.4, -0.2) is 18.4 Å². The van der Waals surface area contributed by atoms with Crippen molar-refractivity contribution in [2.45, 2.75) is 32.6 Å². The highest BCUT2D eigenvalue weighted by atomic mass is 16.5. The van der Waals surface area contributed by atoms with Gasteiger partial charge in [0.25, 0.3) is 0 Å². The van der Waals surface area contributed by atoms with Gasteiger partial charge < -0.3 is 9.64 Å². The van der Waals surface area contributed by atoms with E-state index in [1.54, 1.807) is 4.90 Å². The van der Waals surface area contributed by atoms with E-state index in [4.69, 9.17) is 4.74 Å². The molecular weight excluding hydrogens is 314 g/mol. The summed E-state index contributed by atoms with van der Waals surface area (Å²) in [6.45, 7) is 4.59. The van der Waals surface area contributed by atoms with Crippen molar-refractivity contribution in [2.24, 2.45) is 5.92 Å². The van der Waals surface area contributed by atoms with Gasteiger partial charge >= 0.3 is 5.97 Å². The van der Waals surface area contributed by atoms with E-state index in [9.17, 15) is 9.59 Å². The molecule has 0 aliphatic carbocycles. The number of carbonyl (C=O) groups is 2. The third kappa shape index (κ3) is 3.73. The van der Waals surface area contributed by atoms with Crippen LogP contribution in [0.2, 0.25) is 0 Å². The SMILES string of the molecule is CC[C@@H](C)c1ccccc1OC(=O)[C@@H]1CC(=O)N(c2ccccc2)C1. The molecule has 1 saturated heterocycles. The molecule has 0 unspecified atom stereocenters. The van der Waals surface area contributed by atoms with Crippen LogP contribution in [0.3, 0.4) is 0 Å². The van der Waals surface area contributed by atoms with Gasteiger partial charge in [0.05, 0.1) is 5.92 Å². The average molecular weight is 337 g/mol. The molecule has 1 amide bonds. The summed E-state index contributed by atoms with van der Waals surface area (Å²) in [6.07, 6.45) is 1.16. The van der Waals surface area contributed by atoms with Crippen LogP contribution < -0.4 is 9.64 Å². The summed E-state index contributed by atoms with van der Waals surface area (Å²) in [6, 6.07) is 17.1. The van der Waals surface area contributed by atoms with E-state index >= 15 is 0 Å². The molecule has 4 nitrogen and oxygen atoms in total. The lowest BCUT2D eigenvalue weighted by molar-refractivity contribution is -0.139. The third-order valence-electron chi connectivity index (χ3n) is 4.80. The molecule has 0 aromatic heterocycles. The largest absolute Gasteiger partial charge is 0.426 e. The number of nitrogens with zero attached hydrogens (tertiary/aromatic N) is 1. The van der Waals surface area contributed by atoms with Gasteiger partial charge in [-0.05, 0) is 36.1 Å². The van der Waals surface area contributed by atoms with Crippen LogP contribution in [0.5, 0.6) is 5.75 Å². The Morgan fingerprint density at radius 1 is 1.16 bits per heavy atom. The van der Waals surface area contributed by atoms with Gasteiger partial charge in [-0.25, -0.2) is 0 Å². The zero-order chi connectivity index (χ0) is 17.8. The summed E-state index contributed by atoms with van der Waals surface area (Å²) in [5, 5.41) is 0. The number of anilines is 1. The lowest BCUT2D eigenvalue weighted by Crippen LogP contribution is -2.27. The maximum atomic E-state index is 12.6. The number of para-hydroxylation sites is 2. The van der Waals surface area contributed by atoms with E-state index in [0.717, 1.165) is 17.7 Å². The lowest BCUT2D eigenvalue weighted by Gasteiger charge is -2.17. The first-order valence-electron chi connectivity index (χ1n) is 8.76. The van der Waals surface area contributed by atoms with Crippen LogP contribution in [0.1, 0.15) is 38.2 Å². The highest BCUT2D eigenvalue weighted by Gasteiger charge is 2.36. The van der Waals surface area contributed by atoms with Gasteiger partial charge in [0.1, 0.15) is 5.75 Å². The van der Waals surface area contributed by atoms with E-state index in [-0.39, 0.29) is 18.3 Å². The zero-order valence-corrected chi connectivity index (χ0v) is 14.6. The minimum Gasteiger partial charge on any atom is -0.426 e. The monoisotopic (exact) mass is 337 g/mol. The highest BCUT2D eigenvalue weighted by molar-refractivity contribution is 5.99. The van der Waals surface area contributed by atoms with Crippen molar-refractivity contribution in [3.63, 3.8) is 0 Å². The molecule has 1 heterocycles. The molecule has 0 bridgehead atoms. The zero-order valence-electron chi connectivity index (χ0n) is 14.6. The summed E-state index contributed by atoms with van der Waals surface area (Å²) in [5.74, 6) is 0.117. The van der Waals surface area contributed by atoms with Gasteiger partial charge in [-0.15, -0.1) is 0 Å². The molecule has 130 valence electrons. The predicted molar refractivity (Wildman–Crippen MR) is 97.7 cm³/mol. The molecule has 1 fully saturated rings. The lowest BCUT2D eigenvalue weighted by atomic mass is 9.98. The van der Waals surface area contributed by atoms with Crippen molar-refractivity contribution in [2.75, 3.05) is 11.4 Å². The number of amides is 1.